The van der Waals surface area contributed by atoms with Gasteiger partial charge in [-0.2, -0.15) is 0 Å². The summed E-state index contributed by atoms with van der Waals surface area (Å²) in [5.41, 5.74) is 7.91. The maximum Gasteiger partial charge on any atom is 0.243 e. The number of nitrogens with one attached hydrogen (secondary N) is 1. The van der Waals surface area contributed by atoms with Gasteiger partial charge in [0, 0.05) is 23.4 Å². The average molecular weight is 335 g/mol. The van der Waals surface area contributed by atoms with E-state index in [1.807, 2.05) is 31.3 Å². The van der Waals surface area contributed by atoms with Gasteiger partial charge in [-0.3, -0.25) is 9.78 Å². The average Bonchev–Trinajstić information content (AvgIpc) is 2.41. The van der Waals surface area contributed by atoms with E-state index in [9.17, 15) is 4.79 Å². The van der Waals surface area contributed by atoms with Gasteiger partial charge in [0.05, 0.1) is 24.1 Å². The van der Waals surface area contributed by atoms with Crippen LogP contribution in [0, 0.1) is 0 Å². The Balaban J connectivity index is 1.98. The molecule has 0 fully saturated rings. The lowest BCUT2D eigenvalue weighted by Gasteiger charge is -2.20. The number of benzene rings is 1. The van der Waals surface area contributed by atoms with Crippen molar-refractivity contribution in [3.63, 3.8) is 0 Å². The van der Waals surface area contributed by atoms with Crippen molar-refractivity contribution in [3.8, 4) is 0 Å². The van der Waals surface area contributed by atoms with Gasteiger partial charge in [0.1, 0.15) is 0 Å². The van der Waals surface area contributed by atoms with Crippen LogP contribution in [-0.2, 0) is 4.79 Å². The molecule has 104 valence electrons. The first-order valence-electron chi connectivity index (χ1n) is 6.02. The summed E-state index contributed by atoms with van der Waals surface area (Å²) in [6, 6.07) is 9.20. The van der Waals surface area contributed by atoms with Crippen molar-refractivity contribution in [2.45, 2.75) is 0 Å². The fourth-order valence-corrected chi connectivity index (χ4v) is 2.05. The molecule has 0 saturated carbocycles. The molecule has 0 unspecified atom stereocenters. The van der Waals surface area contributed by atoms with Crippen LogP contribution in [0.3, 0.4) is 0 Å². The van der Waals surface area contributed by atoms with Crippen LogP contribution in [0.5, 0.6) is 0 Å². The maximum atomic E-state index is 12.0. The Morgan fingerprint density at radius 2 is 2.05 bits per heavy atom. The van der Waals surface area contributed by atoms with Crippen LogP contribution in [0.25, 0.3) is 0 Å². The summed E-state index contributed by atoms with van der Waals surface area (Å²) >= 11 is 3.35. The van der Waals surface area contributed by atoms with Crippen LogP contribution in [0.1, 0.15) is 0 Å². The van der Waals surface area contributed by atoms with E-state index in [4.69, 9.17) is 5.73 Å². The van der Waals surface area contributed by atoms with Crippen LogP contribution in [-0.4, -0.2) is 24.5 Å². The zero-order valence-electron chi connectivity index (χ0n) is 11.0. The molecule has 2 aromatic rings. The number of halogens is 1. The third-order valence-corrected chi connectivity index (χ3v) is 3.28. The normalized spacial score (nSPS) is 10.1. The van der Waals surface area contributed by atoms with E-state index in [-0.39, 0.29) is 12.5 Å². The highest BCUT2D eigenvalue weighted by Crippen LogP contribution is 2.19. The van der Waals surface area contributed by atoms with Crippen LogP contribution in [0.15, 0.2) is 47.2 Å². The fraction of sp³-hybridized carbons (Fsp3) is 0.143. The lowest BCUT2D eigenvalue weighted by atomic mass is 10.3. The van der Waals surface area contributed by atoms with Crippen molar-refractivity contribution in [1.82, 2.24) is 4.98 Å². The predicted octanol–water partition coefficient (Wildman–Crippen LogP) is 2.50. The third kappa shape index (κ3) is 3.71. The van der Waals surface area contributed by atoms with E-state index in [0.717, 1.165) is 15.8 Å². The lowest BCUT2D eigenvalue weighted by Crippen LogP contribution is -2.30. The van der Waals surface area contributed by atoms with Crippen LogP contribution in [0.2, 0.25) is 0 Å². The standard InChI is InChI=1S/C14H15BrN4O/c1-19(13-6-7-17-8-12(13)16)9-14(20)18-11-4-2-10(15)3-5-11/h2-8H,9,16H2,1H3,(H,18,20). The number of carbonyl (C=O) groups excluding carboxylic acids is 1. The van der Waals surface area contributed by atoms with Gasteiger partial charge in [0.2, 0.25) is 5.91 Å². The second-order valence-corrected chi connectivity index (χ2v) is 5.26. The molecule has 0 saturated heterocycles. The molecular formula is C14H15BrN4O. The molecule has 0 atom stereocenters. The quantitative estimate of drug-likeness (QED) is 0.901. The Labute approximate surface area is 125 Å². The molecule has 1 heterocycles. The largest absolute Gasteiger partial charge is 0.396 e. The van der Waals surface area contributed by atoms with Crippen molar-refractivity contribution >= 4 is 38.9 Å². The van der Waals surface area contributed by atoms with Gasteiger partial charge in [-0.05, 0) is 30.3 Å². The molecule has 0 aliphatic rings. The highest BCUT2D eigenvalue weighted by atomic mass is 79.9. The van der Waals surface area contributed by atoms with Crippen LogP contribution >= 0.6 is 15.9 Å². The van der Waals surface area contributed by atoms with Gasteiger partial charge in [-0.1, -0.05) is 15.9 Å². The second kappa shape index (κ2) is 6.38. The lowest BCUT2D eigenvalue weighted by molar-refractivity contribution is -0.114. The number of carbonyl (C=O) groups is 1. The summed E-state index contributed by atoms with van der Waals surface area (Å²) in [6.45, 7) is 0.213. The van der Waals surface area contributed by atoms with Crippen molar-refractivity contribution in [3.05, 3.63) is 47.2 Å². The molecule has 0 bridgehead atoms. The first-order valence-corrected chi connectivity index (χ1v) is 6.81. The Hall–Kier alpha value is -2.08. The fourth-order valence-electron chi connectivity index (χ4n) is 1.78. The zero-order chi connectivity index (χ0) is 14.5. The molecule has 1 aromatic heterocycles. The smallest absolute Gasteiger partial charge is 0.243 e. The molecule has 0 radical (unpaired) electrons. The van der Waals surface area contributed by atoms with Crippen molar-refractivity contribution in [2.24, 2.45) is 0 Å². The molecule has 1 amide bonds. The maximum absolute atomic E-state index is 12.0. The Bertz CT molecular complexity index is 600. The SMILES string of the molecule is CN(CC(=O)Nc1ccc(Br)cc1)c1ccncc1N. The van der Waals surface area contributed by atoms with Crippen LogP contribution in [0.4, 0.5) is 17.1 Å². The number of anilines is 3. The minimum atomic E-state index is -0.106. The minimum absolute atomic E-state index is 0.106. The van der Waals surface area contributed by atoms with Crippen LogP contribution < -0.4 is 16.0 Å². The number of nitrogens with zero attached hydrogens (tertiary/aromatic N) is 2. The topological polar surface area (TPSA) is 71.2 Å². The van der Waals surface area contributed by atoms with E-state index in [1.165, 1.54) is 0 Å². The number of likely N-dealkylation sites (N-methyl/N-ethyl adjacent to an activating group) is 1. The molecule has 0 aliphatic heterocycles. The van der Waals surface area contributed by atoms with E-state index >= 15 is 0 Å². The zero-order valence-corrected chi connectivity index (χ0v) is 12.6. The first kappa shape index (κ1) is 14.3. The summed E-state index contributed by atoms with van der Waals surface area (Å²) in [5, 5.41) is 2.83. The summed E-state index contributed by atoms with van der Waals surface area (Å²) in [5.74, 6) is -0.106. The molecule has 0 aliphatic carbocycles. The monoisotopic (exact) mass is 334 g/mol. The Morgan fingerprint density at radius 1 is 1.35 bits per heavy atom. The summed E-state index contributed by atoms with van der Waals surface area (Å²) < 4.78 is 0.970. The summed E-state index contributed by atoms with van der Waals surface area (Å²) in [4.78, 5) is 17.7. The number of hydrogen-bond donors (Lipinski definition) is 2. The van der Waals surface area contributed by atoms with Gasteiger partial charge in [0.15, 0.2) is 0 Å². The first-order chi connectivity index (χ1) is 9.56. The van der Waals surface area contributed by atoms with Gasteiger partial charge >= 0.3 is 0 Å². The van der Waals surface area contributed by atoms with Crippen molar-refractivity contribution in [2.75, 3.05) is 29.5 Å². The number of pyridine rings is 1. The highest BCUT2D eigenvalue weighted by molar-refractivity contribution is 9.10. The van der Waals surface area contributed by atoms with Crippen molar-refractivity contribution < 1.29 is 4.79 Å². The molecule has 3 N–H and O–H groups in total. The molecule has 1 aromatic carbocycles. The molecule has 0 spiro atoms. The van der Waals surface area contributed by atoms with Gasteiger partial charge in [-0.25, -0.2) is 0 Å². The third-order valence-electron chi connectivity index (χ3n) is 2.75. The van der Waals surface area contributed by atoms with E-state index in [1.54, 1.807) is 23.4 Å². The van der Waals surface area contributed by atoms with Gasteiger partial charge < -0.3 is 16.0 Å². The van der Waals surface area contributed by atoms with Crippen molar-refractivity contribution in [1.29, 1.82) is 0 Å². The van der Waals surface area contributed by atoms with E-state index in [2.05, 4.69) is 26.2 Å². The summed E-state index contributed by atoms with van der Waals surface area (Å²) in [6.07, 6.45) is 3.22. The molecule has 6 heteroatoms. The Kier molecular flexibility index (Phi) is 4.57. The second-order valence-electron chi connectivity index (χ2n) is 4.35. The molecule has 20 heavy (non-hydrogen) atoms. The van der Waals surface area contributed by atoms with E-state index in [0.29, 0.717) is 5.69 Å². The number of rotatable bonds is 4. The molecular weight excluding hydrogens is 320 g/mol. The molecule has 5 nitrogen and oxygen atoms in total. The summed E-state index contributed by atoms with van der Waals surface area (Å²) in [7, 11) is 1.81. The number of amides is 1. The molecule has 2 rings (SSSR count). The highest BCUT2D eigenvalue weighted by Gasteiger charge is 2.10. The number of aromatic nitrogens is 1. The van der Waals surface area contributed by atoms with Gasteiger partial charge in [0.25, 0.3) is 0 Å². The Morgan fingerprint density at radius 3 is 2.70 bits per heavy atom. The number of hydrogen-bond acceptors (Lipinski definition) is 4. The number of nitrogens with two attached hydrogens (primary N) is 1. The minimum Gasteiger partial charge on any atom is -0.396 e. The van der Waals surface area contributed by atoms with E-state index < -0.39 is 0 Å². The van der Waals surface area contributed by atoms with Gasteiger partial charge in [-0.15, -0.1) is 0 Å². The predicted molar refractivity (Wildman–Crippen MR) is 84.7 cm³/mol. The number of nitrogen functional groups attached to an aromatic ring is 1.